The highest BCUT2D eigenvalue weighted by Gasteiger charge is 2.07. The van der Waals surface area contributed by atoms with Gasteiger partial charge in [-0.25, -0.2) is 4.79 Å². The van der Waals surface area contributed by atoms with Crippen LogP contribution in [0.5, 0.6) is 5.75 Å². The Morgan fingerprint density at radius 1 is 1.32 bits per heavy atom. The summed E-state index contributed by atoms with van der Waals surface area (Å²) in [6.45, 7) is 4.54. The summed E-state index contributed by atoms with van der Waals surface area (Å²) in [5.74, 6) is 0.641. The van der Waals surface area contributed by atoms with Gasteiger partial charge in [0.2, 0.25) is 0 Å². The first kappa shape index (κ1) is 16.1. The Morgan fingerprint density at radius 2 is 2.05 bits per heavy atom. The van der Waals surface area contributed by atoms with Crippen molar-refractivity contribution >= 4 is 29.2 Å². The Kier molecular flexibility index (Phi) is 7.03. The van der Waals surface area contributed by atoms with Gasteiger partial charge in [0, 0.05) is 5.02 Å². The fourth-order valence-electron chi connectivity index (χ4n) is 1.45. The molecule has 0 spiro atoms. The van der Waals surface area contributed by atoms with Crippen molar-refractivity contribution in [1.82, 2.24) is 0 Å². The number of halogens is 2. The molecule has 0 aromatic heterocycles. The van der Waals surface area contributed by atoms with Crippen LogP contribution in [0, 0.1) is 5.92 Å². The molecule has 1 rings (SSSR count). The van der Waals surface area contributed by atoms with E-state index in [0.29, 0.717) is 28.3 Å². The van der Waals surface area contributed by atoms with Gasteiger partial charge in [-0.05, 0) is 37.0 Å². The molecule has 0 atom stereocenters. The SMILES string of the molecule is CC(C)CCCOC(=O)COc1ccc(Cl)cc1Cl. The largest absolute Gasteiger partial charge is 0.480 e. The summed E-state index contributed by atoms with van der Waals surface area (Å²) in [7, 11) is 0. The lowest BCUT2D eigenvalue weighted by Gasteiger charge is -2.09. The van der Waals surface area contributed by atoms with Gasteiger partial charge in [-0.2, -0.15) is 0 Å². The Morgan fingerprint density at radius 3 is 2.68 bits per heavy atom. The molecule has 0 radical (unpaired) electrons. The monoisotopic (exact) mass is 304 g/mol. The zero-order valence-corrected chi connectivity index (χ0v) is 12.6. The normalized spacial score (nSPS) is 10.6. The molecule has 0 aliphatic heterocycles. The Labute approximate surface area is 123 Å². The second-order valence-corrected chi connectivity index (χ2v) is 5.46. The molecule has 0 aliphatic carbocycles. The minimum absolute atomic E-state index is 0.150. The maximum absolute atomic E-state index is 11.4. The molecule has 0 unspecified atom stereocenters. The third-order valence-corrected chi connectivity index (χ3v) is 2.96. The summed E-state index contributed by atoms with van der Waals surface area (Å²) in [4.78, 5) is 11.4. The standard InChI is InChI=1S/C14H18Cl2O3/c1-10(2)4-3-7-18-14(17)9-19-13-6-5-11(15)8-12(13)16/h5-6,8,10H,3-4,7,9H2,1-2H3. The van der Waals surface area contributed by atoms with Crippen molar-refractivity contribution in [2.45, 2.75) is 26.7 Å². The van der Waals surface area contributed by atoms with Crippen molar-refractivity contribution in [2.24, 2.45) is 5.92 Å². The van der Waals surface area contributed by atoms with Crippen molar-refractivity contribution in [2.75, 3.05) is 13.2 Å². The molecule has 0 N–H and O–H groups in total. The number of rotatable bonds is 7. The van der Waals surface area contributed by atoms with Gasteiger partial charge in [0.15, 0.2) is 6.61 Å². The molecule has 0 saturated heterocycles. The van der Waals surface area contributed by atoms with E-state index in [-0.39, 0.29) is 6.61 Å². The molecule has 1 aromatic rings. The van der Waals surface area contributed by atoms with E-state index in [1.807, 2.05) is 0 Å². The Hall–Kier alpha value is -0.930. The molecule has 19 heavy (non-hydrogen) atoms. The van der Waals surface area contributed by atoms with Crippen molar-refractivity contribution in [3.05, 3.63) is 28.2 Å². The van der Waals surface area contributed by atoms with Crippen LogP contribution < -0.4 is 4.74 Å². The van der Waals surface area contributed by atoms with E-state index in [1.165, 1.54) is 0 Å². The summed E-state index contributed by atoms with van der Waals surface area (Å²) < 4.78 is 10.3. The van der Waals surface area contributed by atoms with E-state index < -0.39 is 5.97 Å². The summed E-state index contributed by atoms with van der Waals surface area (Å²) in [5, 5.41) is 0.897. The zero-order valence-electron chi connectivity index (χ0n) is 11.1. The van der Waals surface area contributed by atoms with Crippen LogP contribution >= 0.6 is 23.2 Å². The van der Waals surface area contributed by atoms with Crippen LogP contribution in [-0.4, -0.2) is 19.2 Å². The van der Waals surface area contributed by atoms with Gasteiger partial charge < -0.3 is 9.47 Å². The fourth-order valence-corrected chi connectivity index (χ4v) is 1.91. The van der Waals surface area contributed by atoms with E-state index in [2.05, 4.69) is 13.8 Å². The summed E-state index contributed by atoms with van der Waals surface area (Å²) in [6, 6.07) is 4.83. The lowest BCUT2D eigenvalue weighted by molar-refractivity contribution is -0.146. The lowest BCUT2D eigenvalue weighted by atomic mass is 10.1. The predicted octanol–water partition coefficient (Wildman–Crippen LogP) is 4.35. The molecule has 0 amide bonds. The van der Waals surface area contributed by atoms with E-state index >= 15 is 0 Å². The summed E-state index contributed by atoms with van der Waals surface area (Å²) in [6.07, 6.45) is 1.91. The molecule has 0 aliphatic rings. The quantitative estimate of drug-likeness (QED) is 0.555. The average molecular weight is 305 g/mol. The van der Waals surface area contributed by atoms with Gasteiger partial charge in [0.1, 0.15) is 5.75 Å². The molecule has 0 fully saturated rings. The van der Waals surface area contributed by atoms with Gasteiger partial charge in [-0.15, -0.1) is 0 Å². The summed E-state index contributed by atoms with van der Waals surface area (Å²) >= 11 is 11.7. The minimum atomic E-state index is -0.394. The molecule has 0 bridgehead atoms. The lowest BCUT2D eigenvalue weighted by Crippen LogP contribution is -2.15. The van der Waals surface area contributed by atoms with Crippen molar-refractivity contribution < 1.29 is 14.3 Å². The first-order chi connectivity index (χ1) is 8.99. The molecule has 1 aromatic carbocycles. The zero-order chi connectivity index (χ0) is 14.3. The first-order valence-corrected chi connectivity index (χ1v) is 6.98. The molecule has 3 nitrogen and oxygen atoms in total. The van der Waals surface area contributed by atoms with Gasteiger partial charge in [0.25, 0.3) is 0 Å². The van der Waals surface area contributed by atoms with E-state index in [1.54, 1.807) is 18.2 Å². The molecule has 0 saturated carbocycles. The highest BCUT2D eigenvalue weighted by Crippen LogP contribution is 2.27. The first-order valence-electron chi connectivity index (χ1n) is 6.22. The average Bonchev–Trinajstić information content (AvgIpc) is 2.33. The smallest absolute Gasteiger partial charge is 0.344 e. The van der Waals surface area contributed by atoms with Crippen molar-refractivity contribution in [3.63, 3.8) is 0 Å². The third kappa shape index (κ3) is 6.69. The van der Waals surface area contributed by atoms with Crippen LogP contribution in [-0.2, 0) is 9.53 Å². The molecular weight excluding hydrogens is 287 g/mol. The summed E-state index contributed by atoms with van der Waals surface area (Å²) in [5.41, 5.74) is 0. The molecule has 0 heterocycles. The maximum Gasteiger partial charge on any atom is 0.344 e. The second kappa shape index (κ2) is 8.28. The number of ether oxygens (including phenoxy) is 2. The fraction of sp³-hybridized carbons (Fsp3) is 0.500. The van der Waals surface area contributed by atoms with Crippen LogP contribution in [0.15, 0.2) is 18.2 Å². The molecule has 5 heteroatoms. The maximum atomic E-state index is 11.4. The van der Waals surface area contributed by atoms with Gasteiger partial charge >= 0.3 is 5.97 Å². The topological polar surface area (TPSA) is 35.5 Å². The van der Waals surface area contributed by atoms with Crippen LogP contribution in [0.4, 0.5) is 0 Å². The third-order valence-electron chi connectivity index (χ3n) is 2.43. The van der Waals surface area contributed by atoms with Crippen molar-refractivity contribution in [1.29, 1.82) is 0 Å². The van der Waals surface area contributed by atoms with E-state index in [0.717, 1.165) is 12.8 Å². The van der Waals surface area contributed by atoms with Gasteiger partial charge in [0.05, 0.1) is 11.6 Å². The molecule has 106 valence electrons. The number of carbonyl (C=O) groups excluding carboxylic acids is 1. The number of carbonyl (C=O) groups is 1. The van der Waals surface area contributed by atoms with E-state index in [9.17, 15) is 4.79 Å². The minimum Gasteiger partial charge on any atom is -0.480 e. The van der Waals surface area contributed by atoms with Crippen LogP contribution in [0.3, 0.4) is 0 Å². The van der Waals surface area contributed by atoms with Gasteiger partial charge in [-0.3, -0.25) is 0 Å². The number of hydrogen-bond donors (Lipinski definition) is 0. The highest BCUT2D eigenvalue weighted by molar-refractivity contribution is 6.35. The number of benzene rings is 1. The van der Waals surface area contributed by atoms with Crippen LogP contribution in [0.1, 0.15) is 26.7 Å². The van der Waals surface area contributed by atoms with Crippen LogP contribution in [0.2, 0.25) is 10.0 Å². The Balaban J connectivity index is 2.26. The Bertz CT molecular complexity index is 419. The van der Waals surface area contributed by atoms with Gasteiger partial charge in [-0.1, -0.05) is 37.0 Å². The van der Waals surface area contributed by atoms with Crippen molar-refractivity contribution in [3.8, 4) is 5.75 Å². The molecular formula is C14H18Cl2O3. The van der Waals surface area contributed by atoms with Crippen LogP contribution in [0.25, 0.3) is 0 Å². The highest BCUT2D eigenvalue weighted by atomic mass is 35.5. The number of esters is 1. The number of hydrogen-bond acceptors (Lipinski definition) is 3. The van der Waals surface area contributed by atoms with E-state index in [4.69, 9.17) is 32.7 Å². The predicted molar refractivity (Wildman–Crippen MR) is 77.0 cm³/mol. The second-order valence-electron chi connectivity index (χ2n) is 4.62.